The molecule has 1 heteroatoms. The van der Waals surface area contributed by atoms with Crippen LogP contribution in [0.2, 0.25) is 0 Å². The molecule has 3 fully saturated rings. The third-order valence-corrected chi connectivity index (χ3v) is 10.0. The van der Waals surface area contributed by atoms with Crippen molar-refractivity contribution in [2.75, 3.05) is 0 Å². The molecule has 162 valence electrons. The molecule has 3 saturated carbocycles. The average molecular weight is 397 g/mol. The van der Waals surface area contributed by atoms with Gasteiger partial charge in [0, 0.05) is 0 Å². The van der Waals surface area contributed by atoms with Crippen LogP contribution in [0.5, 0.6) is 0 Å². The van der Waals surface area contributed by atoms with Crippen LogP contribution >= 0.6 is 0 Å². The molecule has 0 aromatic heterocycles. The number of fused-ring (bicyclic) bond motifs is 5. The van der Waals surface area contributed by atoms with Crippen molar-refractivity contribution in [3.05, 3.63) is 35.5 Å². The van der Waals surface area contributed by atoms with Crippen LogP contribution in [0.3, 0.4) is 0 Å². The summed E-state index contributed by atoms with van der Waals surface area (Å²) in [5.41, 5.74) is 4.07. The first-order chi connectivity index (χ1) is 13.7. The van der Waals surface area contributed by atoms with Gasteiger partial charge in [-0.05, 0) is 91.3 Å². The monoisotopic (exact) mass is 396 g/mol. The van der Waals surface area contributed by atoms with E-state index >= 15 is 0 Å². The Bertz CT molecular complexity index is 712. The van der Waals surface area contributed by atoms with Crippen LogP contribution in [-0.2, 0) is 0 Å². The summed E-state index contributed by atoms with van der Waals surface area (Å²) in [5.74, 6) is 4.38. The maximum absolute atomic E-state index is 10.2. The van der Waals surface area contributed by atoms with Crippen molar-refractivity contribution >= 4 is 0 Å². The normalized spacial score (nSPS) is 44.0. The Morgan fingerprint density at radius 2 is 1.69 bits per heavy atom. The van der Waals surface area contributed by atoms with E-state index < -0.39 is 0 Å². The van der Waals surface area contributed by atoms with E-state index in [4.69, 9.17) is 0 Å². The second kappa shape index (κ2) is 7.70. The van der Waals surface area contributed by atoms with Crippen molar-refractivity contribution in [2.45, 2.75) is 92.6 Å². The molecule has 0 saturated heterocycles. The summed E-state index contributed by atoms with van der Waals surface area (Å²) in [6.45, 7) is 14.6. The van der Waals surface area contributed by atoms with E-state index in [1.165, 1.54) is 37.7 Å². The SMILES string of the molecule is CC(C)[C@@H](C)/C=C/[C@@H](C)[C@@H]1CC[C@@H]2C3=CC=C4C[C@@H](O)CC[C@@]4(C)[C@H]3CC[C@@]21C. The number of allylic oxidation sites excluding steroid dienone is 5. The Hall–Kier alpha value is -0.820. The van der Waals surface area contributed by atoms with Crippen LogP contribution < -0.4 is 0 Å². The van der Waals surface area contributed by atoms with Crippen molar-refractivity contribution in [1.82, 2.24) is 0 Å². The van der Waals surface area contributed by atoms with Gasteiger partial charge in [0.25, 0.3) is 0 Å². The first-order valence-corrected chi connectivity index (χ1v) is 12.4. The van der Waals surface area contributed by atoms with E-state index in [0.29, 0.717) is 22.7 Å². The first kappa shape index (κ1) is 21.4. The second-order valence-electron chi connectivity index (χ2n) is 11.9. The smallest absolute Gasteiger partial charge is 0.0578 e. The highest BCUT2D eigenvalue weighted by Gasteiger charge is 2.56. The van der Waals surface area contributed by atoms with E-state index in [2.05, 4.69) is 65.8 Å². The molecule has 0 bridgehead atoms. The van der Waals surface area contributed by atoms with Gasteiger partial charge in [0.2, 0.25) is 0 Å². The molecular weight excluding hydrogens is 352 g/mol. The molecule has 1 nitrogen and oxygen atoms in total. The summed E-state index contributed by atoms with van der Waals surface area (Å²) in [6.07, 6.45) is 18.4. The zero-order valence-electron chi connectivity index (χ0n) is 19.7. The van der Waals surface area contributed by atoms with E-state index in [1.807, 2.05) is 0 Å². The summed E-state index contributed by atoms with van der Waals surface area (Å²) in [7, 11) is 0. The highest BCUT2D eigenvalue weighted by Crippen LogP contribution is 2.65. The zero-order valence-corrected chi connectivity index (χ0v) is 19.7. The zero-order chi connectivity index (χ0) is 21.0. The van der Waals surface area contributed by atoms with E-state index in [-0.39, 0.29) is 6.10 Å². The number of aliphatic hydroxyl groups excluding tert-OH is 1. The lowest BCUT2D eigenvalue weighted by atomic mass is 9.50. The summed E-state index contributed by atoms with van der Waals surface area (Å²) >= 11 is 0. The topological polar surface area (TPSA) is 20.2 Å². The van der Waals surface area contributed by atoms with Gasteiger partial charge in [0.05, 0.1) is 6.10 Å². The maximum atomic E-state index is 10.2. The molecule has 0 aliphatic heterocycles. The average Bonchev–Trinajstić information content (AvgIpc) is 3.03. The predicted molar refractivity (Wildman–Crippen MR) is 123 cm³/mol. The van der Waals surface area contributed by atoms with Crippen molar-refractivity contribution in [3.8, 4) is 0 Å². The third-order valence-electron chi connectivity index (χ3n) is 10.0. The fourth-order valence-electron chi connectivity index (χ4n) is 7.59. The molecule has 4 aliphatic rings. The van der Waals surface area contributed by atoms with E-state index in [0.717, 1.165) is 36.5 Å². The third kappa shape index (κ3) is 3.50. The van der Waals surface area contributed by atoms with E-state index in [9.17, 15) is 5.11 Å². The van der Waals surface area contributed by atoms with Gasteiger partial charge >= 0.3 is 0 Å². The van der Waals surface area contributed by atoms with Crippen molar-refractivity contribution in [3.63, 3.8) is 0 Å². The van der Waals surface area contributed by atoms with Crippen molar-refractivity contribution < 1.29 is 5.11 Å². The predicted octanol–water partition coefficient (Wildman–Crippen LogP) is 7.33. The van der Waals surface area contributed by atoms with E-state index in [1.54, 1.807) is 5.57 Å². The van der Waals surface area contributed by atoms with Crippen LogP contribution in [0.4, 0.5) is 0 Å². The Morgan fingerprint density at radius 3 is 2.41 bits per heavy atom. The Balaban J connectivity index is 1.57. The molecule has 0 unspecified atom stereocenters. The summed E-state index contributed by atoms with van der Waals surface area (Å²) in [4.78, 5) is 0. The Morgan fingerprint density at radius 1 is 0.931 bits per heavy atom. The van der Waals surface area contributed by atoms with Crippen LogP contribution in [0.15, 0.2) is 35.5 Å². The lowest BCUT2D eigenvalue weighted by Gasteiger charge is -2.55. The number of rotatable bonds is 4. The summed E-state index contributed by atoms with van der Waals surface area (Å²) < 4.78 is 0. The van der Waals surface area contributed by atoms with Gasteiger partial charge in [-0.3, -0.25) is 0 Å². The fourth-order valence-corrected chi connectivity index (χ4v) is 7.59. The van der Waals surface area contributed by atoms with Gasteiger partial charge < -0.3 is 5.11 Å². The summed E-state index contributed by atoms with van der Waals surface area (Å²) in [6, 6.07) is 0. The molecule has 0 radical (unpaired) electrons. The quantitative estimate of drug-likeness (QED) is 0.493. The standard InChI is InChI=1S/C28H44O/c1-18(2)19(3)7-8-20(4)24-11-12-25-23-10-9-21-17-22(29)13-15-27(21,5)26(23)14-16-28(24,25)6/h7-10,18-20,22,24-26,29H,11-17H2,1-6H3/b8-7+/t19-,20+,22-,24-,25+,26-,27+,28+/m0/s1. The molecule has 1 N–H and O–H groups in total. The second-order valence-corrected chi connectivity index (χ2v) is 11.9. The fraction of sp³-hybridized carbons (Fsp3) is 0.786. The van der Waals surface area contributed by atoms with Crippen LogP contribution in [0.25, 0.3) is 0 Å². The molecule has 4 aliphatic carbocycles. The lowest BCUT2D eigenvalue weighted by molar-refractivity contribution is 0.0382. The molecule has 0 amide bonds. The molecule has 0 spiro atoms. The highest BCUT2D eigenvalue weighted by molar-refractivity contribution is 5.39. The molecular formula is C28H44O. The van der Waals surface area contributed by atoms with Crippen LogP contribution in [0, 0.1) is 46.3 Å². The minimum atomic E-state index is -0.116. The van der Waals surface area contributed by atoms with Gasteiger partial charge in [-0.15, -0.1) is 0 Å². The first-order valence-electron chi connectivity index (χ1n) is 12.4. The van der Waals surface area contributed by atoms with Crippen LogP contribution in [-0.4, -0.2) is 11.2 Å². The molecule has 0 aromatic rings. The van der Waals surface area contributed by atoms with Gasteiger partial charge in [-0.25, -0.2) is 0 Å². The van der Waals surface area contributed by atoms with Gasteiger partial charge in [-0.2, -0.15) is 0 Å². The number of aliphatic hydroxyl groups is 1. The highest BCUT2D eigenvalue weighted by atomic mass is 16.3. The Kier molecular flexibility index (Phi) is 5.69. The van der Waals surface area contributed by atoms with Crippen molar-refractivity contribution in [2.24, 2.45) is 46.3 Å². The largest absolute Gasteiger partial charge is 0.393 e. The molecule has 8 atom stereocenters. The number of hydrogen-bond acceptors (Lipinski definition) is 1. The Labute approximate surface area is 179 Å². The van der Waals surface area contributed by atoms with Gasteiger partial charge in [0.15, 0.2) is 0 Å². The van der Waals surface area contributed by atoms with Crippen molar-refractivity contribution in [1.29, 1.82) is 0 Å². The lowest BCUT2D eigenvalue weighted by Crippen LogP contribution is -2.46. The van der Waals surface area contributed by atoms with Crippen LogP contribution in [0.1, 0.15) is 86.5 Å². The van der Waals surface area contributed by atoms with Gasteiger partial charge in [0.1, 0.15) is 0 Å². The maximum Gasteiger partial charge on any atom is 0.0578 e. The van der Waals surface area contributed by atoms with Gasteiger partial charge in [-0.1, -0.05) is 77.0 Å². The number of hydrogen-bond donors (Lipinski definition) is 1. The minimum Gasteiger partial charge on any atom is -0.393 e. The molecule has 4 rings (SSSR count). The minimum absolute atomic E-state index is 0.116. The molecule has 29 heavy (non-hydrogen) atoms. The molecule has 0 aromatic carbocycles. The molecule has 0 heterocycles. The summed E-state index contributed by atoms with van der Waals surface area (Å²) in [5, 5.41) is 10.2.